The number of carbonyl (C=O) groups is 2. The summed E-state index contributed by atoms with van der Waals surface area (Å²) in [5, 5.41) is 1.20. The van der Waals surface area contributed by atoms with Crippen LogP contribution in [0.4, 0.5) is 0 Å². The summed E-state index contributed by atoms with van der Waals surface area (Å²) >= 11 is 6.27. The Kier molecular flexibility index (Phi) is 5.19. The van der Waals surface area contributed by atoms with E-state index in [0.717, 1.165) is 5.56 Å². The molecule has 0 unspecified atom stereocenters. The summed E-state index contributed by atoms with van der Waals surface area (Å²) in [5.74, 6) is -0.866. The summed E-state index contributed by atoms with van der Waals surface area (Å²) in [4.78, 5) is 30.3. The molecular weight excluding hydrogens is 352 g/mol. The highest BCUT2D eigenvalue weighted by molar-refractivity contribution is 6.33. The number of aromatic nitrogens is 1. The van der Waals surface area contributed by atoms with Crippen LogP contribution in [0.2, 0.25) is 5.02 Å². The Morgan fingerprint density at radius 2 is 1.77 bits per heavy atom. The molecule has 0 radical (unpaired) electrons. The van der Waals surface area contributed by atoms with Gasteiger partial charge in [-0.2, -0.15) is 0 Å². The fourth-order valence-electron chi connectivity index (χ4n) is 2.49. The molecule has 1 aromatic heterocycles. The van der Waals surface area contributed by atoms with Gasteiger partial charge >= 0.3 is 5.97 Å². The van der Waals surface area contributed by atoms with Gasteiger partial charge in [-0.1, -0.05) is 48.0 Å². The number of amides is 1. The van der Waals surface area contributed by atoms with Crippen LogP contribution in [0.15, 0.2) is 54.6 Å². The van der Waals surface area contributed by atoms with Crippen LogP contribution in [0, 0.1) is 0 Å². The second-order valence-corrected chi connectivity index (χ2v) is 6.32. The van der Waals surface area contributed by atoms with E-state index >= 15 is 0 Å². The van der Waals surface area contributed by atoms with Crippen LogP contribution < -0.4 is 0 Å². The highest BCUT2D eigenvalue weighted by Gasteiger charge is 2.17. The topological polar surface area (TPSA) is 59.5 Å². The van der Waals surface area contributed by atoms with Crippen molar-refractivity contribution in [3.8, 4) is 11.3 Å². The second-order valence-electron chi connectivity index (χ2n) is 5.92. The van der Waals surface area contributed by atoms with Crippen molar-refractivity contribution < 1.29 is 14.3 Å². The number of halogens is 1. The molecule has 0 aliphatic carbocycles. The Morgan fingerprint density at radius 3 is 2.50 bits per heavy atom. The minimum Gasteiger partial charge on any atom is -0.452 e. The predicted octanol–water partition coefficient (Wildman–Crippen LogP) is 3.80. The SMILES string of the molecule is CN(C)C(=O)COC(=O)c1cc(-c2ccccc2Cl)nc2ccccc12. The van der Waals surface area contributed by atoms with Gasteiger partial charge < -0.3 is 9.64 Å². The number of hydrogen-bond acceptors (Lipinski definition) is 4. The molecule has 5 nitrogen and oxygen atoms in total. The summed E-state index contributed by atoms with van der Waals surface area (Å²) < 4.78 is 5.19. The van der Waals surface area contributed by atoms with Gasteiger partial charge in [0.05, 0.1) is 16.8 Å². The number of pyridine rings is 1. The van der Waals surface area contributed by atoms with Crippen LogP contribution >= 0.6 is 11.6 Å². The lowest BCUT2D eigenvalue weighted by atomic mass is 10.0. The van der Waals surface area contributed by atoms with Gasteiger partial charge in [-0.3, -0.25) is 4.79 Å². The molecule has 0 spiro atoms. The van der Waals surface area contributed by atoms with E-state index in [-0.39, 0.29) is 12.5 Å². The van der Waals surface area contributed by atoms with Crippen LogP contribution in [0.3, 0.4) is 0 Å². The number of fused-ring (bicyclic) bond motifs is 1. The molecule has 3 aromatic rings. The van der Waals surface area contributed by atoms with E-state index in [1.807, 2.05) is 36.4 Å². The first-order valence-electron chi connectivity index (χ1n) is 7.99. The molecule has 0 bridgehead atoms. The highest BCUT2D eigenvalue weighted by Crippen LogP contribution is 2.30. The monoisotopic (exact) mass is 368 g/mol. The molecule has 26 heavy (non-hydrogen) atoms. The first-order chi connectivity index (χ1) is 12.5. The fourth-order valence-corrected chi connectivity index (χ4v) is 2.72. The molecule has 132 valence electrons. The van der Waals surface area contributed by atoms with Crippen LogP contribution in [-0.2, 0) is 9.53 Å². The summed E-state index contributed by atoms with van der Waals surface area (Å²) in [6.45, 7) is -0.316. The minimum absolute atomic E-state index is 0.289. The Hall–Kier alpha value is -2.92. The fraction of sp³-hybridized carbons (Fsp3) is 0.150. The van der Waals surface area contributed by atoms with Crippen molar-refractivity contribution in [3.63, 3.8) is 0 Å². The van der Waals surface area contributed by atoms with E-state index in [2.05, 4.69) is 4.98 Å². The maximum absolute atomic E-state index is 12.6. The van der Waals surface area contributed by atoms with Gasteiger partial charge in [0, 0.05) is 30.1 Å². The molecule has 0 saturated carbocycles. The Bertz CT molecular complexity index is 986. The van der Waals surface area contributed by atoms with E-state index in [4.69, 9.17) is 16.3 Å². The number of likely N-dealkylation sites (N-methyl/N-ethyl adjacent to an activating group) is 1. The van der Waals surface area contributed by atoms with E-state index in [1.165, 1.54) is 4.90 Å². The molecule has 0 aliphatic heterocycles. The lowest BCUT2D eigenvalue weighted by Crippen LogP contribution is -2.27. The number of hydrogen-bond donors (Lipinski definition) is 0. The van der Waals surface area contributed by atoms with Crippen molar-refractivity contribution in [1.29, 1.82) is 0 Å². The molecule has 1 amide bonds. The van der Waals surface area contributed by atoms with Gasteiger partial charge in [-0.05, 0) is 18.2 Å². The van der Waals surface area contributed by atoms with Crippen molar-refractivity contribution in [1.82, 2.24) is 9.88 Å². The molecule has 1 heterocycles. The molecule has 0 aliphatic rings. The van der Waals surface area contributed by atoms with Gasteiger partial charge in [-0.15, -0.1) is 0 Å². The molecule has 2 aromatic carbocycles. The van der Waals surface area contributed by atoms with Crippen LogP contribution in [-0.4, -0.2) is 42.5 Å². The van der Waals surface area contributed by atoms with E-state index in [0.29, 0.717) is 27.2 Å². The Balaban J connectivity index is 2.05. The normalized spacial score (nSPS) is 10.6. The van der Waals surface area contributed by atoms with E-state index < -0.39 is 5.97 Å². The quantitative estimate of drug-likeness (QED) is 0.657. The van der Waals surface area contributed by atoms with Crippen LogP contribution in [0.1, 0.15) is 10.4 Å². The zero-order valence-electron chi connectivity index (χ0n) is 14.4. The molecule has 0 N–H and O–H groups in total. The minimum atomic E-state index is -0.577. The Morgan fingerprint density at radius 1 is 1.08 bits per heavy atom. The van der Waals surface area contributed by atoms with Gasteiger partial charge in [0.2, 0.25) is 0 Å². The maximum atomic E-state index is 12.6. The maximum Gasteiger partial charge on any atom is 0.339 e. The molecule has 6 heteroatoms. The molecular formula is C20H17ClN2O3. The zero-order chi connectivity index (χ0) is 18.7. The van der Waals surface area contributed by atoms with E-state index in [9.17, 15) is 9.59 Å². The smallest absolute Gasteiger partial charge is 0.339 e. The molecule has 0 fully saturated rings. The lowest BCUT2D eigenvalue weighted by molar-refractivity contribution is -0.131. The summed E-state index contributed by atoms with van der Waals surface area (Å²) in [5.41, 5.74) is 2.28. The van der Waals surface area contributed by atoms with Crippen molar-refractivity contribution >= 4 is 34.4 Å². The third-order valence-electron chi connectivity index (χ3n) is 3.91. The van der Waals surface area contributed by atoms with Crippen molar-refractivity contribution in [2.45, 2.75) is 0 Å². The lowest BCUT2D eigenvalue weighted by Gasteiger charge is -2.12. The number of para-hydroxylation sites is 1. The number of ether oxygens (including phenoxy) is 1. The summed E-state index contributed by atoms with van der Waals surface area (Å²) in [7, 11) is 3.21. The molecule has 0 atom stereocenters. The number of carbonyl (C=O) groups excluding carboxylic acids is 2. The third kappa shape index (κ3) is 3.68. The van der Waals surface area contributed by atoms with Gasteiger partial charge in [-0.25, -0.2) is 9.78 Å². The van der Waals surface area contributed by atoms with Crippen molar-refractivity contribution in [2.75, 3.05) is 20.7 Å². The first-order valence-corrected chi connectivity index (χ1v) is 8.37. The van der Waals surface area contributed by atoms with Crippen LogP contribution in [0.5, 0.6) is 0 Å². The van der Waals surface area contributed by atoms with Gasteiger partial charge in [0.1, 0.15) is 0 Å². The third-order valence-corrected chi connectivity index (χ3v) is 4.24. The van der Waals surface area contributed by atoms with Crippen molar-refractivity contribution in [3.05, 3.63) is 65.2 Å². The number of rotatable bonds is 4. The van der Waals surface area contributed by atoms with Crippen LogP contribution in [0.25, 0.3) is 22.2 Å². The average molecular weight is 369 g/mol. The molecule has 0 saturated heterocycles. The highest BCUT2D eigenvalue weighted by atomic mass is 35.5. The summed E-state index contributed by atoms with van der Waals surface area (Å²) in [6.07, 6.45) is 0. The summed E-state index contributed by atoms with van der Waals surface area (Å²) in [6, 6.07) is 16.2. The van der Waals surface area contributed by atoms with Crippen molar-refractivity contribution in [2.24, 2.45) is 0 Å². The number of nitrogens with zero attached hydrogens (tertiary/aromatic N) is 2. The zero-order valence-corrected chi connectivity index (χ0v) is 15.2. The predicted molar refractivity (Wildman–Crippen MR) is 101 cm³/mol. The number of benzene rings is 2. The first kappa shape index (κ1) is 17.9. The Labute approximate surface area is 156 Å². The largest absolute Gasteiger partial charge is 0.452 e. The standard InChI is InChI=1S/C20H17ClN2O3/c1-23(2)19(24)12-26-20(25)15-11-18(14-8-3-5-9-16(14)21)22-17-10-6-4-7-13(15)17/h3-11H,12H2,1-2H3. The van der Waals surface area contributed by atoms with Gasteiger partial charge in [0.15, 0.2) is 6.61 Å². The second kappa shape index (κ2) is 7.54. The molecule has 3 rings (SSSR count). The average Bonchev–Trinajstić information content (AvgIpc) is 2.65. The van der Waals surface area contributed by atoms with Gasteiger partial charge in [0.25, 0.3) is 5.91 Å². The number of esters is 1. The van der Waals surface area contributed by atoms with E-state index in [1.54, 1.807) is 32.3 Å².